The molecule has 1 aliphatic heterocycles. The van der Waals surface area contributed by atoms with Crippen molar-refractivity contribution in [1.82, 2.24) is 0 Å². The second-order valence-corrected chi connectivity index (χ2v) is 31.0. The molecule has 0 spiro atoms. The molecule has 4 aliphatic rings. The van der Waals surface area contributed by atoms with Gasteiger partial charge in [-0.05, 0) is 0 Å². The van der Waals surface area contributed by atoms with Crippen molar-refractivity contribution in [2.75, 3.05) is 14.2 Å². The molecule has 0 aromatic heterocycles. The van der Waals surface area contributed by atoms with E-state index in [9.17, 15) is 0 Å². The Kier molecular flexibility index (Phi) is 11.0. The van der Waals surface area contributed by atoms with Crippen LogP contribution >= 0.6 is 0 Å². The predicted octanol–water partition coefficient (Wildman–Crippen LogP) is 6.54. The number of ether oxygens (including phenoxy) is 2. The topological polar surface area (TPSA) is 18.5 Å². The molecule has 0 N–H and O–H groups in total. The number of halogens is 2. The fraction of sp³-hybridized carbons (Fsp3) is 0.364. The molecule has 254 valence electrons. The van der Waals surface area contributed by atoms with Crippen LogP contribution in [0.3, 0.4) is 0 Å². The summed E-state index contributed by atoms with van der Waals surface area (Å²) in [6.45, 7) is 4.78. The molecule has 0 bridgehead atoms. The smallest absolute Gasteiger partial charge is 1.00 e. The average molecular weight is 858 g/mol. The summed E-state index contributed by atoms with van der Waals surface area (Å²) >= 11 is -3.24. The van der Waals surface area contributed by atoms with Gasteiger partial charge in [-0.3, -0.25) is 0 Å². The molecule has 4 atom stereocenters. The van der Waals surface area contributed by atoms with E-state index in [0.29, 0.717) is 7.35 Å². The first kappa shape index (κ1) is 36.2. The van der Waals surface area contributed by atoms with Gasteiger partial charge in [0, 0.05) is 0 Å². The van der Waals surface area contributed by atoms with E-state index >= 15 is 0 Å². The molecule has 4 aromatic carbocycles. The summed E-state index contributed by atoms with van der Waals surface area (Å²) in [4.78, 5) is 0. The maximum absolute atomic E-state index is 5.52. The zero-order chi connectivity index (χ0) is 32.1. The molecule has 4 aromatic rings. The molecule has 1 saturated heterocycles. The van der Waals surface area contributed by atoms with Gasteiger partial charge in [0.15, 0.2) is 0 Å². The van der Waals surface area contributed by atoms with Crippen LogP contribution in [-0.4, -0.2) is 14.2 Å². The zero-order valence-corrected chi connectivity index (χ0v) is 34.4. The van der Waals surface area contributed by atoms with Crippen molar-refractivity contribution in [3.63, 3.8) is 0 Å². The number of hydrogen-bond acceptors (Lipinski definition) is 2. The van der Waals surface area contributed by atoms with Crippen LogP contribution in [0.1, 0.15) is 94.8 Å². The molecular formula is C44H48Cl2HfO2. The normalized spacial score (nSPS) is 23.0. The minimum absolute atomic E-state index is 0. The van der Waals surface area contributed by atoms with Crippen LogP contribution in [0.25, 0.3) is 34.4 Å². The standard InChI is InChI=1S/2C19H19O.C6H10.2ClH.Hf/c2*1-3-5-14-12-16-6-4-7-18(19(16)13-14)15-8-10-17(20-2)11-9-15;1-2-4-6-5-3-1;;;/h2*4,6-13H,3,5H2,1-2H3;1-2H,3-6H2;2*1H;/q;;;;;+2/p-2. The molecule has 8 rings (SSSR count). The summed E-state index contributed by atoms with van der Waals surface area (Å²) in [6, 6.07) is 32.0. The summed E-state index contributed by atoms with van der Waals surface area (Å²) < 4.78 is 14.4. The number of fused-ring (bicyclic) bond motifs is 3. The zero-order valence-electron chi connectivity index (χ0n) is 29.3. The van der Waals surface area contributed by atoms with E-state index in [0.717, 1.165) is 18.8 Å². The van der Waals surface area contributed by atoms with Crippen LogP contribution in [-0.2, 0) is 20.0 Å². The van der Waals surface area contributed by atoms with Crippen molar-refractivity contribution in [3.05, 3.63) is 118 Å². The van der Waals surface area contributed by atoms with Crippen LogP contribution in [0.5, 0.6) is 11.5 Å². The number of benzene rings is 4. The Labute approximate surface area is 310 Å². The molecule has 49 heavy (non-hydrogen) atoms. The third-order valence-electron chi connectivity index (χ3n) is 12.1. The number of methoxy groups -OCH3 is 2. The number of allylic oxidation sites excluding steroid dienone is 2. The van der Waals surface area contributed by atoms with Gasteiger partial charge in [-0.25, -0.2) is 0 Å². The Bertz CT molecular complexity index is 1720. The molecule has 1 heterocycles. The van der Waals surface area contributed by atoms with Crippen molar-refractivity contribution in [3.8, 4) is 33.8 Å². The first-order chi connectivity index (χ1) is 23.1. The van der Waals surface area contributed by atoms with E-state index in [-0.39, 0.29) is 24.8 Å². The number of rotatable bonds is 10. The largest absolute Gasteiger partial charge is 1.00 e. The van der Waals surface area contributed by atoms with Gasteiger partial charge >= 0.3 is 288 Å². The van der Waals surface area contributed by atoms with Crippen molar-refractivity contribution in [1.29, 1.82) is 0 Å². The fourth-order valence-electron chi connectivity index (χ4n) is 10.4. The Balaban J connectivity index is 0.00000208. The van der Waals surface area contributed by atoms with Gasteiger partial charge in [0.25, 0.3) is 0 Å². The quantitative estimate of drug-likeness (QED) is 0.169. The van der Waals surface area contributed by atoms with E-state index in [1.807, 2.05) is 0 Å². The maximum Gasteiger partial charge on any atom is -1.00 e. The molecule has 4 unspecified atom stereocenters. The van der Waals surface area contributed by atoms with Crippen LogP contribution < -0.4 is 34.3 Å². The Morgan fingerprint density at radius 2 is 0.980 bits per heavy atom. The second-order valence-electron chi connectivity index (χ2n) is 14.4. The van der Waals surface area contributed by atoms with E-state index in [1.54, 1.807) is 36.5 Å². The summed E-state index contributed by atoms with van der Waals surface area (Å²) in [5.74, 6) is 1.84. The first-order valence-electron chi connectivity index (χ1n) is 18.1. The SMILES string of the molecule is CCCC1=Cc2c(-c3ccc(OC)cc3)cccc2[CH]1[Hf+2]1([CH]2C(CCC)=Cc3c(-c4ccc(OC)cc4)cccc32)[CH]2CCCC[CH]21.[Cl-].[Cl-]. The summed E-state index contributed by atoms with van der Waals surface area (Å²) in [5.41, 5.74) is 15.3. The van der Waals surface area contributed by atoms with Gasteiger partial charge in [0.2, 0.25) is 0 Å². The van der Waals surface area contributed by atoms with E-state index in [2.05, 4.69) is 111 Å². The number of hydrogen-bond donors (Lipinski definition) is 0. The molecule has 1 saturated carbocycles. The van der Waals surface area contributed by atoms with Crippen LogP contribution in [0.15, 0.2) is 96.1 Å². The monoisotopic (exact) mass is 858 g/mol. The third kappa shape index (κ3) is 5.90. The molecular weight excluding hydrogens is 810 g/mol. The van der Waals surface area contributed by atoms with E-state index in [4.69, 9.17) is 9.47 Å². The van der Waals surface area contributed by atoms with Crippen LogP contribution in [0.2, 0.25) is 7.35 Å². The van der Waals surface area contributed by atoms with Gasteiger partial charge < -0.3 is 24.8 Å². The minimum atomic E-state index is -3.24. The van der Waals surface area contributed by atoms with Gasteiger partial charge in [0.05, 0.1) is 0 Å². The van der Waals surface area contributed by atoms with Gasteiger partial charge in [0.1, 0.15) is 0 Å². The minimum Gasteiger partial charge on any atom is -1.00 e. The Morgan fingerprint density at radius 3 is 1.35 bits per heavy atom. The third-order valence-corrected chi connectivity index (χ3v) is 37.0. The molecule has 3 aliphatic carbocycles. The van der Waals surface area contributed by atoms with Gasteiger partial charge in [-0.2, -0.15) is 0 Å². The van der Waals surface area contributed by atoms with Crippen molar-refractivity contribution in [2.24, 2.45) is 0 Å². The van der Waals surface area contributed by atoms with E-state index in [1.165, 1.54) is 84.7 Å². The van der Waals surface area contributed by atoms with Crippen molar-refractivity contribution >= 4 is 12.2 Å². The Hall–Kier alpha value is -2.59. The molecule has 0 radical (unpaired) electrons. The summed E-state index contributed by atoms with van der Waals surface area (Å²) in [6.07, 6.45) is 16.0. The maximum atomic E-state index is 5.52. The van der Waals surface area contributed by atoms with Gasteiger partial charge in [-0.1, -0.05) is 0 Å². The second kappa shape index (κ2) is 14.9. The van der Waals surface area contributed by atoms with Crippen molar-refractivity contribution < 1.29 is 54.3 Å². The fourth-order valence-corrected chi connectivity index (χ4v) is 45.8. The molecule has 5 heteroatoms. The summed E-state index contributed by atoms with van der Waals surface area (Å²) in [7, 11) is 3.51. The van der Waals surface area contributed by atoms with Crippen molar-refractivity contribution in [2.45, 2.75) is 79.9 Å². The molecule has 2 nitrogen and oxygen atoms in total. The average Bonchev–Trinajstić information content (AvgIpc) is 3.38. The molecule has 2 fully saturated rings. The van der Waals surface area contributed by atoms with E-state index < -0.39 is 20.0 Å². The van der Waals surface area contributed by atoms with Gasteiger partial charge in [-0.15, -0.1) is 0 Å². The Morgan fingerprint density at radius 1 is 0.571 bits per heavy atom. The summed E-state index contributed by atoms with van der Waals surface area (Å²) in [5, 5.41) is 0. The molecule has 0 amide bonds. The predicted molar refractivity (Wildman–Crippen MR) is 194 cm³/mol. The van der Waals surface area contributed by atoms with Crippen LogP contribution in [0.4, 0.5) is 0 Å². The first-order valence-corrected chi connectivity index (χ1v) is 26.4. The van der Waals surface area contributed by atoms with Crippen LogP contribution in [0, 0.1) is 0 Å².